The molecule has 0 fully saturated rings. The average Bonchev–Trinajstić information content (AvgIpc) is 2.92. The molecule has 0 unspecified atom stereocenters. The highest BCUT2D eigenvalue weighted by Crippen LogP contribution is 2.27. The topological polar surface area (TPSA) is 83.8 Å². The van der Waals surface area contributed by atoms with Crippen molar-refractivity contribution in [3.63, 3.8) is 0 Å². The van der Waals surface area contributed by atoms with Crippen LogP contribution < -0.4 is 11.1 Å². The highest BCUT2D eigenvalue weighted by atomic mass is 19.1. The number of hydrogen-bond acceptors (Lipinski definition) is 3. The zero-order chi connectivity index (χ0) is 15.7. The molecule has 112 valence electrons. The van der Waals surface area contributed by atoms with Crippen molar-refractivity contribution in [2.75, 3.05) is 7.05 Å². The Morgan fingerprint density at radius 3 is 2.91 bits per heavy atom. The Labute approximate surface area is 126 Å². The number of hydrogen-bond donors (Lipinski definition) is 3. The van der Waals surface area contributed by atoms with Crippen LogP contribution in [-0.4, -0.2) is 22.9 Å². The van der Waals surface area contributed by atoms with Gasteiger partial charge in [-0.25, -0.2) is 9.37 Å². The summed E-state index contributed by atoms with van der Waals surface area (Å²) in [5, 5.41) is 3.82. The van der Waals surface area contributed by atoms with Crippen LogP contribution >= 0.6 is 0 Å². The van der Waals surface area contributed by atoms with Crippen molar-refractivity contribution in [1.82, 2.24) is 15.3 Å². The van der Waals surface area contributed by atoms with Crippen LogP contribution in [0.3, 0.4) is 0 Å². The number of rotatable bonds is 4. The number of carbonyl (C=O) groups is 1. The Morgan fingerprint density at radius 2 is 2.18 bits per heavy atom. The van der Waals surface area contributed by atoms with Crippen molar-refractivity contribution in [2.24, 2.45) is 5.73 Å². The molecule has 0 aliphatic carbocycles. The van der Waals surface area contributed by atoms with Crippen LogP contribution in [-0.2, 0) is 6.54 Å². The van der Waals surface area contributed by atoms with Crippen LogP contribution in [0.1, 0.15) is 16.1 Å². The van der Waals surface area contributed by atoms with Gasteiger partial charge in [-0.15, -0.1) is 0 Å². The van der Waals surface area contributed by atoms with Crippen LogP contribution in [0.2, 0.25) is 0 Å². The molecule has 0 saturated heterocycles. The first-order valence-electron chi connectivity index (χ1n) is 6.80. The molecule has 1 amide bonds. The van der Waals surface area contributed by atoms with Crippen molar-refractivity contribution in [2.45, 2.75) is 6.54 Å². The third-order valence-corrected chi connectivity index (χ3v) is 3.49. The largest absolute Gasteiger partial charge is 0.364 e. The van der Waals surface area contributed by atoms with E-state index in [1.165, 1.54) is 12.1 Å². The van der Waals surface area contributed by atoms with Gasteiger partial charge in [-0.1, -0.05) is 6.07 Å². The summed E-state index contributed by atoms with van der Waals surface area (Å²) < 4.78 is 13.6. The van der Waals surface area contributed by atoms with Crippen LogP contribution in [0.4, 0.5) is 4.39 Å². The number of nitrogens with two attached hydrogens (primary N) is 1. The van der Waals surface area contributed by atoms with Crippen LogP contribution in [0.5, 0.6) is 0 Å². The molecule has 0 spiro atoms. The average molecular weight is 298 g/mol. The van der Waals surface area contributed by atoms with E-state index in [0.29, 0.717) is 17.9 Å². The van der Waals surface area contributed by atoms with E-state index in [0.717, 1.165) is 22.1 Å². The van der Waals surface area contributed by atoms with E-state index in [-0.39, 0.29) is 5.82 Å². The number of carbonyl (C=O) groups excluding carboxylic acids is 1. The van der Waals surface area contributed by atoms with Gasteiger partial charge in [-0.2, -0.15) is 0 Å². The van der Waals surface area contributed by atoms with Crippen LogP contribution in [0.25, 0.3) is 22.2 Å². The van der Waals surface area contributed by atoms with Gasteiger partial charge in [0.1, 0.15) is 17.2 Å². The first-order chi connectivity index (χ1) is 10.6. The standard InChI is InChI=1S/C16H15FN4O/c1-19-7-9-2-3-12(17)6-13(9)11-4-10-5-14(15(18)22)21-16(10)20-8-11/h2-6,8,19H,7H2,1H3,(H2,18,22)(H,20,21). The van der Waals surface area contributed by atoms with Crippen LogP contribution in [0.15, 0.2) is 36.5 Å². The SMILES string of the molecule is CNCc1ccc(F)cc1-c1cnc2[nH]c(C(N)=O)cc2c1. The van der Waals surface area contributed by atoms with Gasteiger partial charge < -0.3 is 16.0 Å². The Hall–Kier alpha value is -2.73. The molecule has 2 aromatic heterocycles. The minimum atomic E-state index is -0.541. The number of nitrogens with one attached hydrogen (secondary N) is 2. The molecular formula is C16H15FN4O. The van der Waals surface area contributed by atoms with Gasteiger partial charge in [-0.3, -0.25) is 4.79 Å². The molecule has 22 heavy (non-hydrogen) atoms. The zero-order valence-corrected chi connectivity index (χ0v) is 12.0. The second-order valence-electron chi connectivity index (χ2n) is 5.04. The molecule has 3 aromatic rings. The predicted octanol–water partition coefficient (Wildman–Crippen LogP) is 2.19. The maximum Gasteiger partial charge on any atom is 0.265 e. The Balaban J connectivity index is 2.13. The number of pyridine rings is 1. The number of benzene rings is 1. The van der Waals surface area contributed by atoms with Crippen molar-refractivity contribution in [3.05, 3.63) is 53.6 Å². The fraction of sp³-hybridized carbons (Fsp3) is 0.125. The lowest BCUT2D eigenvalue weighted by molar-refractivity contribution is 0.0996. The Kier molecular flexibility index (Phi) is 3.60. The molecule has 5 nitrogen and oxygen atoms in total. The summed E-state index contributed by atoms with van der Waals surface area (Å²) >= 11 is 0. The molecule has 3 rings (SSSR count). The maximum atomic E-state index is 13.6. The van der Waals surface area contributed by atoms with Gasteiger partial charge in [-0.05, 0) is 42.4 Å². The second-order valence-corrected chi connectivity index (χ2v) is 5.04. The number of halogens is 1. The van der Waals surface area contributed by atoms with Crippen molar-refractivity contribution >= 4 is 16.9 Å². The van der Waals surface area contributed by atoms with Crippen molar-refractivity contribution in [3.8, 4) is 11.1 Å². The fourth-order valence-corrected chi connectivity index (χ4v) is 2.46. The normalized spacial score (nSPS) is 11.0. The number of aromatic nitrogens is 2. The number of amides is 1. The van der Waals surface area contributed by atoms with Gasteiger partial charge in [0.15, 0.2) is 0 Å². The quantitative estimate of drug-likeness (QED) is 0.690. The molecule has 0 radical (unpaired) electrons. The Morgan fingerprint density at radius 1 is 1.36 bits per heavy atom. The summed E-state index contributed by atoms with van der Waals surface area (Å²) in [5.74, 6) is -0.844. The second kappa shape index (κ2) is 5.57. The van der Waals surface area contributed by atoms with Gasteiger partial charge in [0.2, 0.25) is 0 Å². The molecule has 4 N–H and O–H groups in total. The lowest BCUT2D eigenvalue weighted by Gasteiger charge is -2.09. The molecular weight excluding hydrogens is 283 g/mol. The molecule has 0 aliphatic rings. The third kappa shape index (κ3) is 2.56. The summed E-state index contributed by atoms with van der Waals surface area (Å²) in [6.07, 6.45) is 1.65. The first kappa shape index (κ1) is 14.2. The smallest absolute Gasteiger partial charge is 0.265 e. The highest BCUT2D eigenvalue weighted by Gasteiger charge is 2.11. The minimum absolute atomic E-state index is 0.300. The molecule has 0 atom stereocenters. The van der Waals surface area contributed by atoms with E-state index >= 15 is 0 Å². The van der Waals surface area contributed by atoms with Gasteiger partial charge in [0.25, 0.3) is 5.91 Å². The summed E-state index contributed by atoms with van der Waals surface area (Å²) in [6.45, 7) is 0.618. The lowest BCUT2D eigenvalue weighted by Crippen LogP contribution is -2.10. The van der Waals surface area contributed by atoms with E-state index in [1.54, 1.807) is 18.3 Å². The summed E-state index contributed by atoms with van der Waals surface area (Å²) in [6, 6.07) is 8.17. The number of nitrogens with zero attached hydrogens (tertiary/aromatic N) is 1. The Bertz CT molecular complexity index is 856. The van der Waals surface area contributed by atoms with E-state index < -0.39 is 5.91 Å². The number of H-pyrrole nitrogens is 1. The summed E-state index contributed by atoms with van der Waals surface area (Å²) in [5.41, 5.74) is 8.65. The third-order valence-electron chi connectivity index (χ3n) is 3.49. The molecule has 1 aromatic carbocycles. The molecule has 0 bridgehead atoms. The molecule has 0 aliphatic heterocycles. The van der Waals surface area contributed by atoms with Crippen molar-refractivity contribution in [1.29, 1.82) is 0 Å². The van der Waals surface area contributed by atoms with Gasteiger partial charge in [0.05, 0.1) is 0 Å². The fourth-order valence-electron chi connectivity index (χ4n) is 2.46. The lowest BCUT2D eigenvalue weighted by atomic mass is 10.00. The molecule has 2 heterocycles. The van der Waals surface area contributed by atoms with Crippen molar-refractivity contribution < 1.29 is 9.18 Å². The monoisotopic (exact) mass is 298 g/mol. The minimum Gasteiger partial charge on any atom is -0.364 e. The van der Waals surface area contributed by atoms with E-state index in [4.69, 9.17) is 5.73 Å². The maximum absolute atomic E-state index is 13.6. The van der Waals surface area contributed by atoms with E-state index in [9.17, 15) is 9.18 Å². The summed E-state index contributed by atoms with van der Waals surface area (Å²) in [4.78, 5) is 18.4. The van der Waals surface area contributed by atoms with Gasteiger partial charge >= 0.3 is 0 Å². The molecule has 0 saturated carbocycles. The van der Waals surface area contributed by atoms with E-state index in [2.05, 4.69) is 15.3 Å². The number of fused-ring (bicyclic) bond motifs is 1. The van der Waals surface area contributed by atoms with Crippen LogP contribution in [0, 0.1) is 5.82 Å². The molecule has 6 heteroatoms. The number of primary amides is 1. The summed E-state index contributed by atoms with van der Waals surface area (Å²) in [7, 11) is 1.83. The number of aromatic amines is 1. The van der Waals surface area contributed by atoms with Gasteiger partial charge in [0, 0.05) is 23.7 Å². The first-order valence-corrected chi connectivity index (χ1v) is 6.80. The highest BCUT2D eigenvalue weighted by molar-refractivity contribution is 5.96. The van der Waals surface area contributed by atoms with E-state index in [1.807, 2.05) is 13.1 Å². The zero-order valence-electron chi connectivity index (χ0n) is 12.0. The predicted molar refractivity (Wildman–Crippen MR) is 82.8 cm³/mol.